The molecule has 0 N–H and O–H groups in total. The van der Waals surface area contributed by atoms with Crippen LogP contribution >= 0.6 is 11.8 Å². The van der Waals surface area contributed by atoms with Crippen LogP contribution in [0.2, 0.25) is 0 Å². The Morgan fingerprint density at radius 3 is 2.46 bits per heavy atom. The van der Waals surface area contributed by atoms with Crippen LogP contribution in [0.5, 0.6) is 0 Å². The summed E-state index contributed by atoms with van der Waals surface area (Å²) in [4.78, 5) is 0.745. The second-order valence-electron chi connectivity index (χ2n) is 3.65. The van der Waals surface area contributed by atoms with E-state index in [1.165, 1.54) is 6.07 Å². The van der Waals surface area contributed by atoms with E-state index in [2.05, 4.69) is 20.8 Å². The van der Waals surface area contributed by atoms with Crippen molar-refractivity contribution in [2.75, 3.05) is 0 Å². The molecule has 0 saturated heterocycles. The number of halogens is 1. The molecular weight excluding hydrogens is 183 g/mol. The Labute approximate surface area is 83.5 Å². The average Bonchev–Trinajstić information content (AvgIpc) is 2.09. The molecule has 0 aliphatic heterocycles. The lowest BCUT2D eigenvalue weighted by atomic mass is 10.1. The van der Waals surface area contributed by atoms with Gasteiger partial charge in [-0.25, -0.2) is 4.39 Å². The van der Waals surface area contributed by atoms with Crippen molar-refractivity contribution in [3.05, 3.63) is 30.1 Å². The highest BCUT2D eigenvalue weighted by Gasteiger charge is 2.18. The molecule has 1 aromatic rings. The molecule has 0 spiro atoms. The summed E-state index contributed by atoms with van der Waals surface area (Å²) in [6, 6.07) is 6.93. The Balaban J connectivity index is 2.80. The van der Waals surface area contributed by atoms with Gasteiger partial charge in [0, 0.05) is 9.64 Å². The topological polar surface area (TPSA) is 0 Å². The lowest BCUT2D eigenvalue weighted by Gasteiger charge is -2.21. The molecule has 1 aromatic carbocycles. The van der Waals surface area contributed by atoms with E-state index in [0.29, 0.717) is 0 Å². The van der Waals surface area contributed by atoms with Crippen molar-refractivity contribution < 1.29 is 4.39 Å². The van der Waals surface area contributed by atoms with E-state index in [0.717, 1.165) is 11.3 Å². The third kappa shape index (κ3) is 3.03. The summed E-state index contributed by atoms with van der Waals surface area (Å²) < 4.78 is 13.3. The van der Waals surface area contributed by atoms with E-state index < -0.39 is 0 Å². The van der Waals surface area contributed by atoms with Gasteiger partial charge in [0.15, 0.2) is 0 Å². The van der Waals surface area contributed by atoms with E-state index >= 15 is 0 Å². The van der Waals surface area contributed by atoms with Crippen LogP contribution in [0.15, 0.2) is 29.2 Å². The van der Waals surface area contributed by atoms with Gasteiger partial charge in [0.2, 0.25) is 0 Å². The molecular formula is C11H15FS. The van der Waals surface area contributed by atoms with Crippen LogP contribution in [-0.2, 0) is 0 Å². The van der Waals surface area contributed by atoms with Crippen LogP contribution in [0.4, 0.5) is 4.39 Å². The Hall–Kier alpha value is -0.500. The van der Waals surface area contributed by atoms with Crippen molar-refractivity contribution in [1.82, 2.24) is 0 Å². The summed E-state index contributed by atoms with van der Waals surface area (Å²) in [7, 11) is 0. The van der Waals surface area contributed by atoms with Gasteiger partial charge in [0.25, 0.3) is 0 Å². The van der Waals surface area contributed by atoms with Crippen LogP contribution in [0.25, 0.3) is 0 Å². The van der Waals surface area contributed by atoms with Gasteiger partial charge in [-0.1, -0.05) is 32.9 Å². The summed E-state index contributed by atoms with van der Waals surface area (Å²) in [5.74, 6) is -0.117. The van der Waals surface area contributed by atoms with Gasteiger partial charge in [-0.15, -0.1) is 11.8 Å². The van der Waals surface area contributed by atoms with Gasteiger partial charge in [0.05, 0.1) is 0 Å². The molecule has 0 amide bonds. The van der Waals surface area contributed by atoms with E-state index in [4.69, 9.17) is 0 Å². The molecule has 0 aromatic heterocycles. The summed E-state index contributed by atoms with van der Waals surface area (Å²) in [6.07, 6.45) is 1.03. The monoisotopic (exact) mass is 198 g/mol. The quantitative estimate of drug-likeness (QED) is 0.659. The molecule has 0 atom stereocenters. The average molecular weight is 198 g/mol. The van der Waals surface area contributed by atoms with Crippen molar-refractivity contribution >= 4 is 11.8 Å². The van der Waals surface area contributed by atoms with E-state index in [9.17, 15) is 4.39 Å². The second-order valence-corrected chi connectivity index (χ2v) is 5.39. The molecule has 1 rings (SSSR count). The van der Waals surface area contributed by atoms with E-state index in [-0.39, 0.29) is 10.6 Å². The summed E-state index contributed by atoms with van der Waals surface area (Å²) in [6.45, 7) is 6.38. The van der Waals surface area contributed by atoms with Gasteiger partial charge >= 0.3 is 0 Å². The van der Waals surface area contributed by atoms with Crippen LogP contribution in [-0.4, -0.2) is 4.75 Å². The lowest BCUT2D eigenvalue weighted by Crippen LogP contribution is -2.12. The number of hydrogen-bond donors (Lipinski definition) is 0. The van der Waals surface area contributed by atoms with Crippen LogP contribution in [0.1, 0.15) is 27.2 Å². The van der Waals surface area contributed by atoms with Gasteiger partial charge < -0.3 is 0 Å². The van der Waals surface area contributed by atoms with Gasteiger partial charge in [-0.2, -0.15) is 0 Å². The first kappa shape index (κ1) is 10.6. The van der Waals surface area contributed by atoms with Crippen molar-refractivity contribution in [3.63, 3.8) is 0 Å². The van der Waals surface area contributed by atoms with Gasteiger partial charge in [0.1, 0.15) is 5.82 Å². The molecule has 72 valence electrons. The first-order valence-electron chi connectivity index (χ1n) is 4.49. The maximum absolute atomic E-state index is 13.2. The molecule has 0 nitrogen and oxygen atoms in total. The fourth-order valence-electron chi connectivity index (χ4n) is 0.897. The zero-order valence-corrected chi connectivity index (χ0v) is 9.12. The maximum atomic E-state index is 13.2. The molecule has 0 unspecified atom stereocenters. The molecule has 0 saturated carbocycles. The Kier molecular flexibility index (Phi) is 3.37. The molecule has 13 heavy (non-hydrogen) atoms. The molecule has 0 bridgehead atoms. The van der Waals surface area contributed by atoms with Crippen LogP contribution in [0, 0.1) is 5.82 Å². The van der Waals surface area contributed by atoms with E-state index in [1.807, 2.05) is 12.1 Å². The third-order valence-electron chi connectivity index (χ3n) is 2.07. The predicted molar refractivity (Wildman–Crippen MR) is 56.6 cm³/mol. The highest BCUT2D eigenvalue weighted by Crippen LogP contribution is 2.35. The first-order valence-corrected chi connectivity index (χ1v) is 5.30. The summed E-state index contributed by atoms with van der Waals surface area (Å²) >= 11 is 1.60. The Morgan fingerprint density at radius 2 is 1.92 bits per heavy atom. The first-order chi connectivity index (χ1) is 6.05. The van der Waals surface area contributed by atoms with Crippen molar-refractivity contribution in [2.24, 2.45) is 0 Å². The number of hydrogen-bond acceptors (Lipinski definition) is 1. The predicted octanol–water partition coefficient (Wildman–Crippen LogP) is 4.11. The molecule has 0 heterocycles. The summed E-state index contributed by atoms with van der Waals surface area (Å²) in [5, 5.41) is 0. The standard InChI is InChI=1S/C11H15FS/c1-4-11(2,3)13-10-8-6-5-7-9(10)12/h5-8H,4H2,1-3H3. The number of benzene rings is 1. The maximum Gasteiger partial charge on any atom is 0.136 e. The van der Waals surface area contributed by atoms with Crippen LogP contribution in [0.3, 0.4) is 0 Å². The minimum Gasteiger partial charge on any atom is -0.206 e. The fourth-order valence-corrected chi connectivity index (χ4v) is 1.95. The fraction of sp³-hybridized carbons (Fsp3) is 0.455. The molecule has 2 heteroatoms. The minimum absolute atomic E-state index is 0.113. The van der Waals surface area contributed by atoms with Crippen molar-refractivity contribution in [3.8, 4) is 0 Å². The van der Waals surface area contributed by atoms with Gasteiger partial charge in [-0.05, 0) is 18.6 Å². The highest BCUT2D eigenvalue weighted by atomic mass is 32.2. The largest absolute Gasteiger partial charge is 0.206 e. The van der Waals surface area contributed by atoms with Crippen LogP contribution < -0.4 is 0 Å². The smallest absolute Gasteiger partial charge is 0.136 e. The van der Waals surface area contributed by atoms with Gasteiger partial charge in [-0.3, -0.25) is 0 Å². The highest BCUT2D eigenvalue weighted by molar-refractivity contribution is 8.00. The van der Waals surface area contributed by atoms with Crippen molar-refractivity contribution in [1.29, 1.82) is 0 Å². The summed E-state index contributed by atoms with van der Waals surface area (Å²) in [5.41, 5.74) is 0. The Bertz CT molecular complexity index is 281. The second kappa shape index (κ2) is 4.14. The zero-order valence-electron chi connectivity index (χ0n) is 8.30. The third-order valence-corrected chi connectivity index (χ3v) is 3.47. The molecule has 0 radical (unpaired) electrons. The molecule has 0 fully saturated rings. The SMILES string of the molecule is CCC(C)(C)Sc1ccccc1F. The van der Waals surface area contributed by atoms with Crippen molar-refractivity contribution in [2.45, 2.75) is 36.8 Å². The lowest BCUT2D eigenvalue weighted by molar-refractivity contribution is 0.598. The van der Waals surface area contributed by atoms with E-state index in [1.54, 1.807) is 17.8 Å². The zero-order chi connectivity index (χ0) is 9.90. The molecule has 0 aliphatic carbocycles. The molecule has 0 aliphatic rings. The minimum atomic E-state index is -0.117. The number of thioether (sulfide) groups is 1. The Morgan fingerprint density at radius 1 is 1.31 bits per heavy atom. The number of rotatable bonds is 3. The normalized spacial score (nSPS) is 11.7.